The average molecular weight is 328 g/mol. The van der Waals surface area contributed by atoms with Gasteiger partial charge in [0, 0.05) is 0 Å². The van der Waals surface area contributed by atoms with Crippen LogP contribution < -0.4 is 5.43 Å². The van der Waals surface area contributed by atoms with E-state index in [0.717, 1.165) is 11.0 Å². The van der Waals surface area contributed by atoms with Gasteiger partial charge in [0.15, 0.2) is 5.16 Å². The molecule has 23 heavy (non-hydrogen) atoms. The number of aromatic amines is 1. The summed E-state index contributed by atoms with van der Waals surface area (Å²) < 4.78 is 12.7. The minimum absolute atomic E-state index is 0.195. The highest BCUT2D eigenvalue weighted by Gasteiger charge is 2.06. The van der Waals surface area contributed by atoms with Gasteiger partial charge in [-0.3, -0.25) is 4.79 Å². The minimum Gasteiger partial charge on any atom is -0.333 e. The Morgan fingerprint density at radius 3 is 2.83 bits per heavy atom. The van der Waals surface area contributed by atoms with E-state index in [1.807, 2.05) is 24.3 Å². The smallest absolute Gasteiger partial charge is 0.250 e. The number of amides is 1. The molecule has 0 unspecified atom stereocenters. The maximum Gasteiger partial charge on any atom is 0.250 e. The van der Waals surface area contributed by atoms with Crippen molar-refractivity contribution in [1.82, 2.24) is 15.4 Å². The van der Waals surface area contributed by atoms with Gasteiger partial charge in [-0.25, -0.2) is 14.8 Å². The number of hydrogen-bond acceptors (Lipinski definition) is 4. The van der Waals surface area contributed by atoms with E-state index in [-0.39, 0.29) is 17.5 Å². The molecule has 1 aromatic heterocycles. The number of para-hydroxylation sites is 2. The Morgan fingerprint density at radius 2 is 2.04 bits per heavy atom. The number of aromatic nitrogens is 2. The number of fused-ring (bicyclic) bond motifs is 1. The van der Waals surface area contributed by atoms with Crippen LogP contribution in [0.4, 0.5) is 4.39 Å². The summed E-state index contributed by atoms with van der Waals surface area (Å²) in [6, 6.07) is 13.5. The van der Waals surface area contributed by atoms with E-state index in [4.69, 9.17) is 0 Å². The maximum atomic E-state index is 12.7. The molecular weight excluding hydrogens is 315 g/mol. The monoisotopic (exact) mass is 328 g/mol. The lowest BCUT2D eigenvalue weighted by atomic mass is 10.2. The van der Waals surface area contributed by atoms with Gasteiger partial charge in [-0.15, -0.1) is 0 Å². The number of benzene rings is 2. The second-order valence-corrected chi connectivity index (χ2v) is 5.66. The molecule has 0 aliphatic rings. The molecule has 1 heterocycles. The highest BCUT2D eigenvalue weighted by Crippen LogP contribution is 2.18. The van der Waals surface area contributed by atoms with Crippen molar-refractivity contribution < 1.29 is 9.18 Å². The van der Waals surface area contributed by atoms with Gasteiger partial charge >= 0.3 is 0 Å². The van der Waals surface area contributed by atoms with Crippen molar-refractivity contribution in [3.8, 4) is 0 Å². The van der Waals surface area contributed by atoms with Crippen molar-refractivity contribution >= 4 is 34.9 Å². The molecule has 1 amide bonds. The molecule has 0 saturated carbocycles. The molecule has 7 heteroatoms. The summed E-state index contributed by atoms with van der Waals surface area (Å²) in [6.07, 6.45) is 1.46. The summed E-state index contributed by atoms with van der Waals surface area (Å²) in [5.74, 6) is -0.358. The molecule has 0 saturated heterocycles. The van der Waals surface area contributed by atoms with Crippen molar-refractivity contribution in [3.05, 3.63) is 59.9 Å². The zero-order valence-electron chi connectivity index (χ0n) is 12.0. The van der Waals surface area contributed by atoms with Crippen LogP contribution in [-0.2, 0) is 4.79 Å². The molecular formula is C16H13FN4OS. The van der Waals surface area contributed by atoms with Crippen molar-refractivity contribution in [3.63, 3.8) is 0 Å². The van der Waals surface area contributed by atoms with Crippen LogP contribution in [0.25, 0.3) is 11.0 Å². The van der Waals surface area contributed by atoms with Gasteiger partial charge in [0.25, 0.3) is 5.91 Å². The van der Waals surface area contributed by atoms with E-state index in [0.29, 0.717) is 10.7 Å². The molecule has 116 valence electrons. The lowest BCUT2D eigenvalue weighted by Crippen LogP contribution is -2.19. The minimum atomic E-state index is -0.312. The topological polar surface area (TPSA) is 70.1 Å². The van der Waals surface area contributed by atoms with Gasteiger partial charge in [-0.1, -0.05) is 36.0 Å². The number of nitrogens with one attached hydrogen (secondary N) is 2. The Morgan fingerprint density at radius 1 is 1.26 bits per heavy atom. The number of nitrogens with zero attached hydrogens (tertiary/aromatic N) is 2. The highest BCUT2D eigenvalue weighted by atomic mass is 32.2. The van der Waals surface area contributed by atoms with Crippen LogP contribution in [0.5, 0.6) is 0 Å². The molecule has 0 aliphatic carbocycles. The fourth-order valence-corrected chi connectivity index (χ4v) is 2.57. The van der Waals surface area contributed by atoms with Crippen molar-refractivity contribution in [2.75, 3.05) is 5.75 Å². The molecule has 3 rings (SSSR count). The van der Waals surface area contributed by atoms with Crippen LogP contribution in [0.1, 0.15) is 5.56 Å². The quantitative estimate of drug-likeness (QED) is 0.430. The first kappa shape index (κ1) is 15.2. The zero-order valence-corrected chi connectivity index (χ0v) is 12.8. The Bertz CT molecular complexity index is 812. The van der Waals surface area contributed by atoms with Crippen molar-refractivity contribution in [2.45, 2.75) is 5.16 Å². The highest BCUT2D eigenvalue weighted by molar-refractivity contribution is 7.99. The van der Waals surface area contributed by atoms with Crippen molar-refractivity contribution in [1.29, 1.82) is 0 Å². The number of carbonyl (C=O) groups is 1. The summed E-state index contributed by atoms with van der Waals surface area (Å²) in [4.78, 5) is 19.2. The van der Waals surface area contributed by atoms with Crippen LogP contribution in [0.3, 0.4) is 0 Å². The number of hydrazone groups is 1. The van der Waals surface area contributed by atoms with E-state index in [9.17, 15) is 9.18 Å². The Kier molecular flexibility index (Phi) is 4.68. The van der Waals surface area contributed by atoms with E-state index in [2.05, 4.69) is 20.5 Å². The summed E-state index contributed by atoms with van der Waals surface area (Å²) in [5, 5.41) is 4.52. The van der Waals surface area contributed by atoms with Gasteiger partial charge in [-0.2, -0.15) is 5.10 Å². The third-order valence-corrected chi connectivity index (χ3v) is 3.85. The lowest BCUT2D eigenvalue weighted by Gasteiger charge is -1.98. The molecule has 2 N–H and O–H groups in total. The van der Waals surface area contributed by atoms with Gasteiger partial charge < -0.3 is 4.98 Å². The molecule has 0 bridgehead atoms. The van der Waals surface area contributed by atoms with Crippen LogP contribution in [0.15, 0.2) is 58.8 Å². The second-order valence-electron chi connectivity index (χ2n) is 4.69. The lowest BCUT2D eigenvalue weighted by molar-refractivity contribution is -0.118. The number of imidazole rings is 1. The maximum absolute atomic E-state index is 12.7. The molecule has 0 radical (unpaired) electrons. The van der Waals surface area contributed by atoms with Crippen LogP contribution >= 0.6 is 11.8 Å². The summed E-state index contributed by atoms with van der Waals surface area (Å²) in [7, 11) is 0. The van der Waals surface area contributed by atoms with E-state index >= 15 is 0 Å². The fourth-order valence-electron chi connectivity index (χ4n) is 1.89. The predicted octanol–water partition coefficient (Wildman–Crippen LogP) is 2.94. The number of hydrogen-bond donors (Lipinski definition) is 2. The summed E-state index contributed by atoms with van der Waals surface area (Å²) >= 11 is 1.30. The average Bonchev–Trinajstić information content (AvgIpc) is 2.98. The van der Waals surface area contributed by atoms with E-state index in [1.54, 1.807) is 12.1 Å². The Hall–Kier alpha value is -2.67. The first-order chi connectivity index (χ1) is 11.2. The second kappa shape index (κ2) is 7.06. The fraction of sp³-hybridized carbons (Fsp3) is 0.0625. The van der Waals surface area contributed by atoms with Crippen molar-refractivity contribution in [2.24, 2.45) is 5.10 Å². The van der Waals surface area contributed by atoms with Crippen LogP contribution in [-0.4, -0.2) is 27.8 Å². The van der Waals surface area contributed by atoms with Crippen LogP contribution in [0, 0.1) is 5.82 Å². The van der Waals surface area contributed by atoms with E-state index in [1.165, 1.54) is 30.1 Å². The van der Waals surface area contributed by atoms with E-state index < -0.39 is 0 Å². The van der Waals surface area contributed by atoms with Crippen LogP contribution in [0.2, 0.25) is 0 Å². The molecule has 0 spiro atoms. The van der Waals surface area contributed by atoms with Gasteiger partial charge in [0.1, 0.15) is 5.82 Å². The first-order valence-electron chi connectivity index (χ1n) is 6.86. The molecule has 2 aromatic carbocycles. The molecule has 3 aromatic rings. The Balaban J connectivity index is 1.50. The summed E-state index contributed by atoms with van der Waals surface area (Å²) in [6.45, 7) is 0. The number of thioether (sulfide) groups is 1. The van der Waals surface area contributed by atoms with Gasteiger partial charge in [0.2, 0.25) is 0 Å². The first-order valence-corrected chi connectivity index (χ1v) is 7.84. The number of H-pyrrole nitrogens is 1. The molecule has 0 fully saturated rings. The molecule has 5 nitrogen and oxygen atoms in total. The van der Waals surface area contributed by atoms with Gasteiger partial charge in [-0.05, 0) is 29.8 Å². The third kappa shape index (κ3) is 4.17. The predicted molar refractivity (Wildman–Crippen MR) is 89.0 cm³/mol. The molecule has 0 atom stereocenters. The normalized spacial score (nSPS) is 11.2. The zero-order chi connectivity index (χ0) is 16.1. The largest absolute Gasteiger partial charge is 0.333 e. The number of carbonyl (C=O) groups excluding carboxylic acids is 1. The molecule has 0 aliphatic heterocycles. The van der Waals surface area contributed by atoms with Gasteiger partial charge in [0.05, 0.1) is 23.0 Å². The Labute approximate surface area is 136 Å². The third-order valence-electron chi connectivity index (χ3n) is 2.98. The SMILES string of the molecule is O=C(CSc1nc2ccccc2[nH]1)N/N=C\c1ccc(F)cc1. The number of rotatable bonds is 5. The number of halogens is 1. The standard InChI is InChI=1S/C16H13FN4OS/c17-12-7-5-11(6-8-12)9-18-21-15(22)10-23-16-19-13-3-1-2-4-14(13)20-16/h1-9H,10H2,(H,19,20)(H,21,22)/b18-9-. The summed E-state index contributed by atoms with van der Waals surface area (Å²) in [5.41, 5.74) is 4.93.